The summed E-state index contributed by atoms with van der Waals surface area (Å²) in [5, 5.41) is 6.83. The Balaban J connectivity index is 1.77. The number of ether oxygens (including phenoxy) is 2. The smallest absolute Gasteiger partial charge is 0.191 e. The summed E-state index contributed by atoms with van der Waals surface area (Å²) in [6.45, 7) is 10.8. The molecule has 140 valence electrons. The van der Waals surface area contributed by atoms with E-state index < -0.39 is 0 Å². The molecule has 0 aliphatic carbocycles. The van der Waals surface area contributed by atoms with Gasteiger partial charge >= 0.3 is 0 Å². The van der Waals surface area contributed by atoms with E-state index >= 15 is 0 Å². The molecule has 1 aliphatic heterocycles. The number of morpholine rings is 1. The van der Waals surface area contributed by atoms with Crippen molar-refractivity contribution in [3.05, 3.63) is 29.8 Å². The Morgan fingerprint density at radius 3 is 2.48 bits per heavy atom. The van der Waals surface area contributed by atoms with Crippen molar-refractivity contribution in [2.24, 2.45) is 4.99 Å². The number of hydrogen-bond donors (Lipinski definition) is 2. The average molecular weight is 348 g/mol. The number of hydrogen-bond acceptors (Lipinski definition) is 4. The van der Waals surface area contributed by atoms with Crippen molar-refractivity contribution >= 4 is 5.96 Å². The van der Waals surface area contributed by atoms with Crippen molar-refractivity contribution in [3.8, 4) is 5.75 Å². The zero-order valence-corrected chi connectivity index (χ0v) is 16.0. The van der Waals surface area contributed by atoms with E-state index in [1.165, 1.54) is 5.56 Å². The molecule has 25 heavy (non-hydrogen) atoms. The summed E-state index contributed by atoms with van der Waals surface area (Å²) in [5.41, 5.74) is 1.26. The van der Waals surface area contributed by atoms with E-state index in [9.17, 15) is 0 Å². The first-order valence-electron chi connectivity index (χ1n) is 8.94. The second-order valence-corrected chi connectivity index (χ2v) is 6.92. The fraction of sp³-hybridized carbons (Fsp3) is 0.632. The highest BCUT2D eigenvalue weighted by Gasteiger charge is 2.21. The van der Waals surface area contributed by atoms with Crippen LogP contribution in [0, 0.1) is 0 Å². The molecule has 2 N–H and O–H groups in total. The standard InChI is InChI=1S/C19H32N4O2/c1-19(2,16-5-7-17(24-4)8-6-16)15-22-18(20-3)21-9-10-23-11-13-25-14-12-23/h5-8H,9-15H2,1-4H3,(H2,20,21,22). The Labute approximate surface area is 151 Å². The lowest BCUT2D eigenvalue weighted by atomic mass is 9.84. The zero-order valence-electron chi connectivity index (χ0n) is 16.0. The molecule has 0 radical (unpaired) electrons. The molecule has 0 spiro atoms. The van der Waals surface area contributed by atoms with Gasteiger partial charge in [0.2, 0.25) is 0 Å². The Morgan fingerprint density at radius 2 is 1.88 bits per heavy atom. The average Bonchev–Trinajstić information content (AvgIpc) is 2.65. The molecule has 6 nitrogen and oxygen atoms in total. The molecule has 0 amide bonds. The van der Waals surface area contributed by atoms with E-state index in [2.05, 4.69) is 46.5 Å². The van der Waals surface area contributed by atoms with Crippen LogP contribution in [0.3, 0.4) is 0 Å². The first-order chi connectivity index (χ1) is 12.0. The van der Waals surface area contributed by atoms with Crippen molar-refractivity contribution in [2.45, 2.75) is 19.3 Å². The van der Waals surface area contributed by atoms with Gasteiger partial charge in [-0.3, -0.25) is 9.89 Å². The minimum atomic E-state index is -0.00585. The van der Waals surface area contributed by atoms with E-state index in [0.717, 1.165) is 57.6 Å². The third-order valence-corrected chi connectivity index (χ3v) is 4.62. The number of rotatable bonds is 7. The summed E-state index contributed by atoms with van der Waals surface area (Å²) in [7, 11) is 3.50. The lowest BCUT2D eigenvalue weighted by molar-refractivity contribution is 0.0389. The Kier molecular flexibility index (Phi) is 7.52. The SMILES string of the molecule is CN=C(NCCN1CCOCC1)NCC(C)(C)c1ccc(OC)cc1. The maximum Gasteiger partial charge on any atom is 0.191 e. The summed E-state index contributed by atoms with van der Waals surface area (Å²) in [6.07, 6.45) is 0. The molecule has 1 saturated heterocycles. The maximum absolute atomic E-state index is 5.37. The largest absolute Gasteiger partial charge is 0.497 e. The van der Waals surface area contributed by atoms with Crippen LogP contribution in [-0.2, 0) is 10.2 Å². The number of aliphatic imine (C=N–C) groups is 1. The highest BCUT2D eigenvalue weighted by atomic mass is 16.5. The summed E-state index contributed by atoms with van der Waals surface area (Å²) < 4.78 is 10.6. The Bertz CT molecular complexity index is 537. The lowest BCUT2D eigenvalue weighted by Gasteiger charge is -2.28. The maximum atomic E-state index is 5.37. The normalized spacial score (nSPS) is 16.6. The van der Waals surface area contributed by atoms with Gasteiger partial charge in [0, 0.05) is 45.2 Å². The van der Waals surface area contributed by atoms with Crippen LogP contribution < -0.4 is 15.4 Å². The van der Waals surface area contributed by atoms with Crippen molar-refractivity contribution in [1.82, 2.24) is 15.5 Å². The van der Waals surface area contributed by atoms with E-state index in [1.54, 1.807) is 7.11 Å². The van der Waals surface area contributed by atoms with Gasteiger partial charge in [-0.15, -0.1) is 0 Å². The Hall–Kier alpha value is -1.79. The van der Waals surface area contributed by atoms with Crippen LogP contribution in [0.5, 0.6) is 5.75 Å². The molecule has 0 aromatic heterocycles. The fourth-order valence-electron chi connectivity index (χ4n) is 2.83. The predicted molar refractivity (Wildman–Crippen MR) is 103 cm³/mol. The zero-order chi connectivity index (χ0) is 18.1. The molecular formula is C19H32N4O2. The van der Waals surface area contributed by atoms with Crippen molar-refractivity contribution in [2.75, 3.05) is 60.1 Å². The number of benzene rings is 1. The van der Waals surface area contributed by atoms with Gasteiger partial charge in [-0.25, -0.2) is 0 Å². The first kappa shape index (κ1) is 19.5. The topological polar surface area (TPSA) is 58.1 Å². The van der Waals surface area contributed by atoms with Crippen molar-refractivity contribution < 1.29 is 9.47 Å². The number of nitrogens with one attached hydrogen (secondary N) is 2. The van der Waals surface area contributed by atoms with E-state index in [4.69, 9.17) is 9.47 Å². The molecule has 0 bridgehead atoms. The molecule has 1 aromatic carbocycles. The molecule has 0 atom stereocenters. The molecule has 1 heterocycles. The van der Waals surface area contributed by atoms with Gasteiger partial charge in [0.25, 0.3) is 0 Å². The van der Waals surface area contributed by atoms with Gasteiger partial charge in [0.1, 0.15) is 5.75 Å². The summed E-state index contributed by atoms with van der Waals surface area (Å²) in [6, 6.07) is 8.25. The molecule has 0 unspecified atom stereocenters. The molecule has 1 fully saturated rings. The highest BCUT2D eigenvalue weighted by Crippen LogP contribution is 2.24. The van der Waals surface area contributed by atoms with Crippen molar-refractivity contribution in [1.29, 1.82) is 0 Å². The van der Waals surface area contributed by atoms with E-state index in [0.29, 0.717) is 0 Å². The minimum Gasteiger partial charge on any atom is -0.497 e. The number of guanidine groups is 1. The quantitative estimate of drug-likeness (QED) is 0.577. The van der Waals surface area contributed by atoms with Gasteiger partial charge in [-0.2, -0.15) is 0 Å². The van der Waals surface area contributed by atoms with Crippen LogP contribution in [0.4, 0.5) is 0 Å². The third kappa shape index (κ3) is 6.21. The van der Waals surface area contributed by atoms with Crippen LogP contribution >= 0.6 is 0 Å². The lowest BCUT2D eigenvalue weighted by Crippen LogP contribution is -2.46. The fourth-order valence-corrected chi connectivity index (χ4v) is 2.83. The van der Waals surface area contributed by atoms with Gasteiger partial charge < -0.3 is 20.1 Å². The number of methoxy groups -OCH3 is 1. The molecule has 1 aliphatic rings. The summed E-state index contributed by atoms with van der Waals surface area (Å²) >= 11 is 0. The predicted octanol–water partition coefficient (Wildman–Crippen LogP) is 1.47. The first-order valence-corrected chi connectivity index (χ1v) is 8.94. The van der Waals surface area contributed by atoms with Gasteiger partial charge in [-0.1, -0.05) is 26.0 Å². The van der Waals surface area contributed by atoms with E-state index in [-0.39, 0.29) is 5.41 Å². The number of nitrogens with zero attached hydrogens (tertiary/aromatic N) is 2. The summed E-state index contributed by atoms with van der Waals surface area (Å²) in [4.78, 5) is 6.73. The molecular weight excluding hydrogens is 316 g/mol. The molecule has 2 rings (SSSR count). The minimum absolute atomic E-state index is 0.00585. The third-order valence-electron chi connectivity index (χ3n) is 4.62. The summed E-state index contributed by atoms with van der Waals surface area (Å²) in [5.74, 6) is 1.72. The second-order valence-electron chi connectivity index (χ2n) is 6.92. The van der Waals surface area contributed by atoms with Gasteiger partial charge in [0.15, 0.2) is 5.96 Å². The van der Waals surface area contributed by atoms with Crippen molar-refractivity contribution in [3.63, 3.8) is 0 Å². The molecule has 6 heteroatoms. The monoisotopic (exact) mass is 348 g/mol. The van der Waals surface area contributed by atoms with E-state index in [1.807, 2.05) is 19.2 Å². The van der Waals surface area contributed by atoms with Gasteiger partial charge in [0.05, 0.1) is 20.3 Å². The second kappa shape index (κ2) is 9.63. The highest BCUT2D eigenvalue weighted by molar-refractivity contribution is 5.79. The van der Waals surface area contributed by atoms with Crippen LogP contribution in [0.15, 0.2) is 29.3 Å². The van der Waals surface area contributed by atoms with Crippen LogP contribution in [0.1, 0.15) is 19.4 Å². The van der Waals surface area contributed by atoms with Crippen LogP contribution in [0.25, 0.3) is 0 Å². The molecule has 0 saturated carbocycles. The Morgan fingerprint density at radius 1 is 1.20 bits per heavy atom. The van der Waals surface area contributed by atoms with Crippen LogP contribution in [0.2, 0.25) is 0 Å². The van der Waals surface area contributed by atoms with Gasteiger partial charge in [-0.05, 0) is 17.7 Å². The van der Waals surface area contributed by atoms with Crippen LogP contribution in [-0.4, -0.2) is 71.0 Å². The molecule has 1 aromatic rings.